The normalized spacial score (nSPS) is 10.6. The number of nitrogens with one attached hydrogen (secondary N) is 1. The highest BCUT2D eigenvalue weighted by atomic mass is 15.2. The maximum absolute atomic E-state index is 6.59. The second-order valence-electron chi connectivity index (χ2n) is 7.79. The van der Waals surface area contributed by atoms with Crippen molar-refractivity contribution in [3.63, 3.8) is 0 Å². The summed E-state index contributed by atoms with van der Waals surface area (Å²) in [7, 11) is 0. The van der Waals surface area contributed by atoms with Crippen LogP contribution in [-0.4, -0.2) is 9.97 Å². The maximum atomic E-state index is 6.59. The Hall–Kier alpha value is -3.86. The van der Waals surface area contributed by atoms with Gasteiger partial charge in [0.15, 0.2) is 11.6 Å². The molecule has 5 heteroatoms. The number of hydrogen-bond donors (Lipinski definition) is 2. The molecule has 0 unspecified atom stereocenters. The molecule has 31 heavy (non-hydrogen) atoms. The van der Waals surface area contributed by atoms with E-state index in [1.54, 1.807) is 6.33 Å². The molecule has 5 nitrogen and oxygen atoms in total. The van der Waals surface area contributed by atoms with Crippen molar-refractivity contribution < 1.29 is 0 Å². The van der Waals surface area contributed by atoms with Crippen molar-refractivity contribution in [3.8, 4) is 0 Å². The largest absolute Gasteiger partial charge is 0.393 e. The quantitative estimate of drug-likeness (QED) is 0.414. The fraction of sp³-hybridized carbons (Fsp3) is 0.154. The Bertz CT molecular complexity index is 1080. The van der Waals surface area contributed by atoms with Crippen LogP contribution in [0, 0.1) is 13.8 Å². The molecule has 0 aliphatic heterocycles. The summed E-state index contributed by atoms with van der Waals surface area (Å²) in [6.45, 7) is 5.54. The maximum Gasteiger partial charge on any atom is 0.159 e. The van der Waals surface area contributed by atoms with Crippen molar-refractivity contribution in [1.29, 1.82) is 0 Å². The van der Waals surface area contributed by atoms with Crippen molar-refractivity contribution in [3.05, 3.63) is 107 Å². The lowest BCUT2D eigenvalue weighted by atomic mass is 10.1. The van der Waals surface area contributed by atoms with Crippen molar-refractivity contribution in [2.45, 2.75) is 26.9 Å². The first-order valence-electron chi connectivity index (χ1n) is 10.4. The van der Waals surface area contributed by atoms with Gasteiger partial charge in [-0.05, 0) is 48.2 Å². The summed E-state index contributed by atoms with van der Waals surface area (Å²) in [5.41, 5.74) is 12.8. The molecular formula is C26H27N5. The smallest absolute Gasteiger partial charge is 0.159 e. The van der Waals surface area contributed by atoms with Crippen molar-refractivity contribution >= 4 is 23.0 Å². The highest BCUT2D eigenvalue weighted by Crippen LogP contribution is 2.31. The highest BCUT2D eigenvalue weighted by Gasteiger charge is 2.17. The van der Waals surface area contributed by atoms with Crippen LogP contribution in [0.25, 0.3) is 0 Å². The molecular weight excluding hydrogens is 382 g/mol. The second-order valence-corrected chi connectivity index (χ2v) is 7.79. The van der Waals surface area contributed by atoms with Crippen LogP contribution in [0.5, 0.6) is 0 Å². The lowest BCUT2D eigenvalue weighted by molar-refractivity contribution is 0.782. The number of aromatic nitrogens is 2. The number of benzene rings is 3. The molecule has 1 heterocycles. The van der Waals surface area contributed by atoms with Crippen LogP contribution in [0.3, 0.4) is 0 Å². The van der Waals surface area contributed by atoms with Crippen LogP contribution >= 0.6 is 0 Å². The third-order valence-corrected chi connectivity index (χ3v) is 5.08. The van der Waals surface area contributed by atoms with Gasteiger partial charge in [0.05, 0.1) is 0 Å². The zero-order valence-corrected chi connectivity index (χ0v) is 17.9. The van der Waals surface area contributed by atoms with Crippen molar-refractivity contribution in [2.75, 3.05) is 16.0 Å². The molecule has 0 fully saturated rings. The Morgan fingerprint density at radius 1 is 0.774 bits per heavy atom. The molecule has 0 radical (unpaired) electrons. The minimum absolute atomic E-state index is 0.536. The number of aryl methyl sites for hydroxylation is 2. The second kappa shape index (κ2) is 9.30. The summed E-state index contributed by atoms with van der Waals surface area (Å²) in [5.74, 6) is 1.33. The summed E-state index contributed by atoms with van der Waals surface area (Å²) >= 11 is 0. The average Bonchev–Trinajstić information content (AvgIpc) is 2.76. The number of nitrogens with zero attached hydrogens (tertiary/aromatic N) is 3. The zero-order chi connectivity index (χ0) is 21.6. The van der Waals surface area contributed by atoms with E-state index < -0.39 is 0 Å². The minimum atomic E-state index is 0.536. The van der Waals surface area contributed by atoms with Gasteiger partial charge in [-0.3, -0.25) is 0 Å². The van der Waals surface area contributed by atoms with E-state index in [-0.39, 0.29) is 0 Å². The summed E-state index contributed by atoms with van der Waals surface area (Å²) in [5, 5.41) is 3.37. The first kappa shape index (κ1) is 20.4. The predicted molar refractivity (Wildman–Crippen MR) is 128 cm³/mol. The number of rotatable bonds is 7. The molecule has 156 valence electrons. The van der Waals surface area contributed by atoms with Gasteiger partial charge >= 0.3 is 0 Å². The summed E-state index contributed by atoms with van der Waals surface area (Å²) in [6.07, 6.45) is 1.57. The molecule has 3 N–H and O–H groups in total. The molecule has 4 rings (SSSR count). The van der Waals surface area contributed by atoms with Gasteiger partial charge in [-0.2, -0.15) is 0 Å². The predicted octanol–water partition coefficient (Wildman–Crippen LogP) is 5.63. The summed E-state index contributed by atoms with van der Waals surface area (Å²) in [4.78, 5) is 11.2. The van der Waals surface area contributed by atoms with Crippen LogP contribution < -0.4 is 16.0 Å². The van der Waals surface area contributed by atoms with E-state index in [2.05, 4.69) is 76.5 Å². The van der Waals surface area contributed by atoms with Gasteiger partial charge in [0.2, 0.25) is 0 Å². The lowest BCUT2D eigenvalue weighted by Gasteiger charge is -2.26. The van der Waals surface area contributed by atoms with Crippen LogP contribution in [0.15, 0.2) is 85.2 Å². The number of nitrogen functional groups attached to an aromatic ring is 1. The molecule has 0 saturated carbocycles. The molecule has 0 spiro atoms. The van der Waals surface area contributed by atoms with Gasteiger partial charge in [-0.25, -0.2) is 9.97 Å². The molecule has 0 saturated heterocycles. The topological polar surface area (TPSA) is 67.1 Å². The Kier molecular flexibility index (Phi) is 6.13. The SMILES string of the molecule is Cc1cc(C)cc(Nc2ncnc(N(Cc3ccccc3)Cc3ccccc3)c2N)c1. The van der Waals surface area contributed by atoms with Gasteiger partial charge in [-0.1, -0.05) is 66.7 Å². The van der Waals surface area contributed by atoms with E-state index >= 15 is 0 Å². The molecule has 1 aromatic heterocycles. The Morgan fingerprint density at radius 2 is 1.32 bits per heavy atom. The van der Waals surface area contributed by atoms with Crippen LogP contribution in [0.2, 0.25) is 0 Å². The van der Waals surface area contributed by atoms with Gasteiger partial charge < -0.3 is 16.0 Å². The summed E-state index contributed by atoms with van der Waals surface area (Å²) < 4.78 is 0. The molecule has 0 aliphatic carbocycles. The van der Waals surface area contributed by atoms with Crippen LogP contribution in [-0.2, 0) is 13.1 Å². The molecule has 0 amide bonds. The van der Waals surface area contributed by atoms with E-state index in [1.807, 2.05) is 36.4 Å². The van der Waals surface area contributed by atoms with Gasteiger partial charge in [0, 0.05) is 18.8 Å². The van der Waals surface area contributed by atoms with Crippen molar-refractivity contribution in [1.82, 2.24) is 9.97 Å². The van der Waals surface area contributed by atoms with E-state index in [4.69, 9.17) is 5.73 Å². The first-order valence-corrected chi connectivity index (χ1v) is 10.4. The first-order chi connectivity index (χ1) is 15.1. The van der Waals surface area contributed by atoms with E-state index in [0.29, 0.717) is 24.6 Å². The number of nitrogens with two attached hydrogens (primary N) is 1. The fourth-order valence-corrected chi connectivity index (χ4v) is 3.73. The average molecular weight is 410 g/mol. The van der Waals surface area contributed by atoms with E-state index in [0.717, 1.165) is 11.5 Å². The standard InChI is InChI=1S/C26H27N5/c1-19-13-20(2)15-23(14-19)30-25-24(27)26(29-18-28-25)31(16-21-9-5-3-6-10-21)17-22-11-7-4-8-12-22/h3-15,18H,16-17,27H2,1-2H3,(H,28,29,30). The van der Waals surface area contributed by atoms with Crippen molar-refractivity contribution in [2.24, 2.45) is 0 Å². The highest BCUT2D eigenvalue weighted by molar-refractivity contribution is 5.78. The Balaban J connectivity index is 1.67. The molecule has 0 bridgehead atoms. The Morgan fingerprint density at radius 3 is 1.87 bits per heavy atom. The fourth-order valence-electron chi connectivity index (χ4n) is 3.73. The Labute approximate surface area is 183 Å². The third kappa shape index (κ3) is 5.20. The molecule has 3 aromatic carbocycles. The molecule has 0 aliphatic rings. The third-order valence-electron chi connectivity index (χ3n) is 5.08. The number of hydrogen-bond acceptors (Lipinski definition) is 5. The monoisotopic (exact) mass is 409 g/mol. The minimum Gasteiger partial charge on any atom is -0.393 e. The van der Waals surface area contributed by atoms with Crippen LogP contribution in [0.1, 0.15) is 22.3 Å². The van der Waals surface area contributed by atoms with Crippen LogP contribution in [0.4, 0.5) is 23.0 Å². The lowest BCUT2D eigenvalue weighted by Crippen LogP contribution is -2.24. The van der Waals surface area contributed by atoms with Gasteiger partial charge in [0.25, 0.3) is 0 Å². The summed E-state index contributed by atoms with van der Waals surface area (Å²) in [6, 6.07) is 27.0. The molecule has 4 aromatic rings. The van der Waals surface area contributed by atoms with E-state index in [1.165, 1.54) is 22.3 Å². The molecule has 0 atom stereocenters. The zero-order valence-electron chi connectivity index (χ0n) is 17.9. The van der Waals surface area contributed by atoms with Gasteiger partial charge in [0.1, 0.15) is 12.0 Å². The van der Waals surface area contributed by atoms with E-state index in [9.17, 15) is 0 Å². The number of anilines is 4. The van der Waals surface area contributed by atoms with Gasteiger partial charge in [-0.15, -0.1) is 0 Å².